The van der Waals surface area contributed by atoms with Gasteiger partial charge in [0.05, 0.1) is 0 Å². The maximum Gasteiger partial charge on any atom is 0.257 e. The molecule has 0 N–H and O–H groups in total. The van der Waals surface area contributed by atoms with Crippen molar-refractivity contribution in [2.24, 2.45) is 0 Å². The van der Waals surface area contributed by atoms with Crippen LogP contribution in [0.5, 0.6) is 0 Å². The van der Waals surface area contributed by atoms with Crippen molar-refractivity contribution in [3.05, 3.63) is 64.6 Å². The molecule has 0 radical (unpaired) electrons. The number of oxazole rings is 1. The number of benzene rings is 2. The summed E-state index contributed by atoms with van der Waals surface area (Å²) < 4.78 is 6.75. The van der Waals surface area contributed by atoms with Gasteiger partial charge >= 0.3 is 0 Å². The highest BCUT2D eigenvalue weighted by molar-refractivity contribution is 9.10. The Bertz CT molecular complexity index is 733. The second-order valence-electron chi connectivity index (χ2n) is 4.33. The number of rotatable bonds is 4. The van der Waals surface area contributed by atoms with Crippen LogP contribution < -0.4 is 0 Å². The SMILES string of the molecule is C=Cc1cc(Br)cc(CSc2nc3ccccc3o2)c1. The summed E-state index contributed by atoms with van der Waals surface area (Å²) in [7, 11) is 0. The van der Waals surface area contributed by atoms with Gasteiger partial charge in [0, 0.05) is 10.2 Å². The van der Waals surface area contributed by atoms with E-state index in [0.29, 0.717) is 5.22 Å². The van der Waals surface area contributed by atoms with E-state index in [2.05, 4.69) is 39.6 Å². The van der Waals surface area contributed by atoms with E-state index in [9.17, 15) is 0 Å². The third-order valence-electron chi connectivity index (χ3n) is 2.85. The molecule has 0 aliphatic carbocycles. The third-order valence-corrected chi connectivity index (χ3v) is 4.21. The Morgan fingerprint density at radius 2 is 2.10 bits per heavy atom. The zero-order chi connectivity index (χ0) is 13.9. The van der Waals surface area contributed by atoms with Gasteiger partial charge in [-0.05, 0) is 35.4 Å². The maximum atomic E-state index is 5.70. The predicted molar refractivity (Wildman–Crippen MR) is 87.8 cm³/mol. The topological polar surface area (TPSA) is 26.0 Å². The quantitative estimate of drug-likeness (QED) is 0.581. The Labute approximate surface area is 130 Å². The van der Waals surface area contributed by atoms with Gasteiger partial charge in [0.15, 0.2) is 5.58 Å². The lowest BCUT2D eigenvalue weighted by atomic mass is 10.1. The molecule has 0 atom stereocenters. The molecule has 100 valence electrons. The Balaban J connectivity index is 1.78. The van der Waals surface area contributed by atoms with Crippen molar-refractivity contribution in [1.29, 1.82) is 0 Å². The van der Waals surface area contributed by atoms with Crippen LogP contribution in [0.4, 0.5) is 0 Å². The molecule has 2 aromatic carbocycles. The summed E-state index contributed by atoms with van der Waals surface area (Å²) in [6, 6.07) is 14.1. The minimum Gasteiger partial charge on any atom is -0.431 e. The lowest BCUT2D eigenvalue weighted by Crippen LogP contribution is -1.83. The molecule has 20 heavy (non-hydrogen) atoms. The molecule has 0 aliphatic heterocycles. The number of aromatic nitrogens is 1. The number of nitrogens with zero attached hydrogens (tertiary/aromatic N) is 1. The van der Waals surface area contributed by atoms with Crippen molar-refractivity contribution in [1.82, 2.24) is 4.98 Å². The maximum absolute atomic E-state index is 5.70. The molecule has 0 aliphatic rings. The molecule has 1 aromatic heterocycles. The third kappa shape index (κ3) is 2.97. The fourth-order valence-electron chi connectivity index (χ4n) is 1.93. The van der Waals surface area contributed by atoms with Crippen LogP contribution in [0, 0.1) is 0 Å². The van der Waals surface area contributed by atoms with Crippen LogP contribution in [0.15, 0.2) is 63.2 Å². The number of thioether (sulfide) groups is 1. The van der Waals surface area contributed by atoms with Gasteiger partial charge in [-0.3, -0.25) is 0 Å². The van der Waals surface area contributed by atoms with Crippen LogP contribution in [0.1, 0.15) is 11.1 Å². The van der Waals surface area contributed by atoms with Gasteiger partial charge in [0.2, 0.25) is 0 Å². The Morgan fingerprint density at radius 3 is 2.90 bits per heavy atom. The second kappa shape index (κ2) is 5.85. The first kappa shape index (κ1) is 13.5. The van der Waals surface area contributed by atoms with Gasteiger partial charge in [0.25, 0.3) is 5.22 Å². The molecule has 0 saturated carbocycles. The van der Waals surface area contributed by atoms with Crippen LogP contribution in [-0.2, 0) is 5.75 Å². The standard InChI is InChI=1S/C16H12BrNOS/c1-2-11-7-12(9-13(17)8-11)10-20-16-18-14-5-3-4-6-15(14)19-16/h2-9H,1,10H2. The highest BCUT2D eigenvalue weighted by atomic mass is 79.9. The van der Waals surface area contributed by atoms with Crippen LogP contribution >= 0.6 is 27.7 Å². The molecule has 4 heteroatoms. The second-order valence-corrected chi connectivity index (χ2v) is 6.18. The van der Waals surface area contributed by atoms with E-state index in [0.717, 1.165) is 26.9 Å². The fourth-order valence-corrected chi connectivity index (χ4v) is 3.26. The molecule has 3 aromatic rings. The zero-order valence-electron chi connectivity index (χ0n) is 10.7. The largest absolute Gasteiger partial charge is 0.431 e. The number of para-hydroxylation sites is 2. The molecule has 0 spiro atoms. The first-order valence-corrected chi connectivity index (χ1v) is 7.93. The van der Waals surface area contributed by atoms with Gasteiger partial charge < -0.3 is 4.42 Å². The lowest BCUT2D eigenvalue weighted by molar-refractivity contribution is 0.489. The molecule has 2 nitrogen and oxygen atoms in total. The molecule has 0 bridgehead atoms. The fraction of sp³-hybridized carbons (Fsp3) is 0.0625. The van der Waals surface area contributed by atoms with Crippen molar-refractivity contribution in [3.8, 4) is 0 Å². The highest BCUT2D eigenvalue weighted by Gasteiger charge is 2.06. The van der Waals surface area contributed by atoms with E-state index < -0.39 is 0 Å². The highest BCUT2D eigenvalue weighted by Crippen LogP contribution is 2.27. The smallest absolute Gasteiger partial charge is 0.257 e. The van der Waals surface area contributed by atoms with Crippen molar-refractivity contribution in [3.63, 3.8) is 0 Å². The number of halogens is 1. The summed E-state index contributed by atoms with van der Waals surface area (Å²) in [6.07, 6.45) is 1.85. The summed E-state index contributed by atoms with van der Waals surface area (Å²) >= 11 is 5.11. The molecule has 0 fully saturated rings. The molecule has 1 heterocycles. The first-order chi connectivity index (χ1) is 9.74. The molecule has 0 saturated heterocycles. The van der Waals surface area contributed by atoms with E-state index in [1.807, 2.05) is 36.4 Å². The van der Waals surface area contributed by atoms with Gasteiger partial charge in [-0.25, -0.2) is 4.98 Å². The van der Waals surface area contributed by atoms with Crippen LogP contribution in [0.3, 0.4) is 0 Å². The summed E-state index contributed by atoms with van der Waals surface area (Å²) in [5.41, 5.74) is 4.04. The van der Waals surface area contributed by atoms with E-state index in [1.54, 1.807) is 11.8 Å². The molecular weight excluding hydrogens is 334 g/mol. The average Bonchev–Trinajstić information content (AvgIpc) is 2.87. The van der Waals surface area contributed by atoms with Crippen molar-refractivity contribution in [2.45, 2.75) is 11.0 Å². The average molecular weight is 346 g/mol. The monoisotopic (exact) mass is 345 g/mol. The van der Waals surface area contributed by atoms with Crippen LogP contribution in [-0.4, -0.2) is 4.98 Å². The predicted octanol–water partition coefficient (Wildman–Crippen LogP) is 5.53. The molecule has 3 rings (SSSR count). The van der Waals surface area contributed by atoms with E-state index >= 15 is 0 Å². The van der Waals surface area contributed by atoms with E-state index in [4.69, 9.17) is 4.42 Å². The van der Waals surface area contributed by atoms with E-state index in [1.165, 1.54) is 5.56 Å². The number of hydrogen-bond donors (Lipinski definition) is 0. The Kier molecular flexibility index (Phi) is 3.94. The molecule has 0 amide bonds. The number of fused-ring (bicyclic) bond motifs is 1. The minimum absolute atomic E-state index is 0.700. The zero-order valence-corrected chi connectivity index (χ0v) is 13.1. The van der Waals surface area contributed by atoms with Gasteiger partial charge in [-0.2, -0.15) is 0 Å². The Hall–Kier alpha value is -1.52. The van der Waals surface area contributed by atoms with Crippen LogP contribution in [0.25, 0.3) is 17.2 Å². The lowest BCUT2D eigenvalue weighted by Gasteiger charge is -2.02. The first-order valence-electron chi connectivity index (χ1n) is 6.15. The van der Waals surface area contributed by atoms with Crippen molar-refractivity contribution in [2.75, 3.05) is 0 Å². The van der Waals surface area contributed by atoms with Crippen molar-refractivity contribution >= 4 is 44.9 Å². The summed E-state index contributed by atoms with van der Waals surface area (Å²) in [4.78, 5) is 4.46. The van der Waals surface area contributed by atoms with Gasteiger partial charge in [-0.1, -0.05) is 58.5 Å². The normalized spacial score (nSPS) is 10.8. The van der Waals surface area contributed by atoms with Gasteiger partial charge in [-0.15, -0.1) is 0 Å². The van der Waals surface area contributed by atoms with Gasteiger partial charge in [0.1, 0.15) is 5.52 Å². The number of hydrogen-bond acceptors (Lipinski definition) is 3. The van der Waals surface area contributed by atoms with Crippen LogP contribution in [0.2, 0.25) is 0 Å². The Morgan fingerprint density at radius 1 is 1.25 bits per heavy atom. The van der Waals surface area contributed by atoms with Crippen molar-refractivity contribution < 1.29 is 4.42 Å². The van der Waals surface area contributed by atoms with E-state index in [-0.39, 0.29) is 0 Å². The minimum atomic E-state index is 0.700. The molecular formula is C16H12BrNOS. The summed E-state index contributed by atoms with van der Waals surface area (Å²) in [5.74, 6) is 0.813. The molecule has 0 unspecified atom stereocenters. The summed E-state index contributed by atoms with van der Waals surface area (Å²) in [5, 5.41) is 0.700. The summed E-state index contributed by atoms with van der Waals surface area (Å²) in [6.45, 7) is 3.80.